The second-order valence-corrected chi connectivity index (χ2v) is 6.76. The maximum absolute atomic E-state index is 12.4. The largest absolute Gasteiger partial charge is 0.497 e. The lowest BCUT2D eigenvalue weighted by Crippen LogP contribution is -2.39. The van der Waals surface area contributed by atoms with Gasteiger partial charge >= 0.3 is 5.69 Å². The Morgan fingerprint density at radius 3 is 2.64 bits per heavy atom. The van der Waals surface area contributed by atoms with Gasteiger partial charge in [-0.25, -0.2) is 4.79 Å². The predicted octanol–water partition coefficient (Wildman–Crippen LogP) is 1.64. The van der Waals surface area contributed by atoms with E-state index in [9.17, 15) is 14.7 Å². The van der Waals surface area contributed by atoms with Gasteiger partial charge in [0.05, 0.1) is 7.11 Å². The number of rotatable bonds is 5. The molecule has 148 valence electrons. The summed E-state index contributed by atoms with van der Waals surface area (Å²) in [5, 5.41) is 11.3. The molecule has 0 aliphatic rings. The summed E-state index contributed by atoms with van der Waals surface area (Å²) in [4.78, 5) is 32.1. The maximum atomic E-state index is 12.4. The van der Waals surface area contributed by atoms with Gasteiger partial charge in [-0.3, -0.25) is 18.9 Å². The summed E-state index contributed by atoms with van der Waals surface area (Å²) in [6.07, 6.45) is 0.656. The normalized spacial score (nSPS) is 12.0. The zero-order valence-corrected chi connectivity index (χ0v) is 16.7. The van der Waals surface area contributed by atoms with Crippen LogP contribution in [0.25, 0.3) is 10.9 Å². The number of ether oxygens (including phenoxy) is 1. The molecule has 1 aromatic carbocycles. The Morgan fingerprint density at radius 1 is 1.25 bits per heavy atom. The van der Waals surface area contributed by atoms with Crippen molar-refractivity contribution in [3.63, 3.8) is 0 Å². The number of aromatic hydroxyl groups is 1. The molecule has 0 amide bonds. The quantitative estimate of drug-likeness (QED) is 0.653. The summed E-state index contributed by atoms with van der Waals surface area (Å²) in [6, 6.07) is 5.87. The fourth-order valence-electron chi connectivity index (χ4n) is 3.38. The molecule has 8 heteroatoms. The van der Waals surface area contributed by atoms with Crippen molar-refractivity contribution in [2.45, 2.75) is 20.3 Å². The highest BCUT2D eigenvalue weighted by atomic mass is 16.5. The molecule has 0 saturated heterocycles. The molecular formula is C20H24N4O4. The first-order valence-electron chi connectivity index (χ1n) is 8.91. The number of methoxy groups -OCH3 is 1. The van der Waals surface area contributed by atoms with Crippen LogP contribution < -0.4 is 16.0 Å². The van der Waals surface area contributed by atoms with E-state index in [0.717, 1.165) is 37.0 Å². The fraction of sp³-hybridized carbons (Fsp3) is 0.350. The van der Waals surface area contributed by atoms with Crippen LogP contribution in [0.2, 0.25) is 0 Å². The molecule has 0 unspecified atom stereocenters. The summed E-state index contributed by atoms with van der Waals surface area (Å²) in [6.45, 7) is 4.10. The van der Waals surface area contributed by atoms with Gasteiger partial charge < -0.3 is 14.8 Å². The van der Waals surface area contributed by atoms with Gasteiger partial charge in [0.1, 0.15) is 11.3 Å². The minimum Gasteiger partial charge on any atom is -0.497 e. The van der Waals surface area contributed by atoms with Gasteiger partial charge in [0.15, 0.2) is 0 Å². The molecule has 3 rings (SSSR count). The number of aromatic nitrogens is 3. The Bertz CT molecular complexity index is 1200. The molecule has 3 aromatic rings. The van der Waals surface area contributed by atoms with E-state index >= 15 is 0 Å². The summed E-state index contributed by atoms with van der Waals surface area (Å²) in [5.74, 6) is 0.411. The number of aliphatic imine (C=N–C) groups is 1. The Labute approximate surface area is 161 Å². The van der Waals surface area contributed by atoms with Crippen molar-refractivity contribution in [2.24, 2.45) is 19.1 Å². The lowest BCUT2D eigenvalue weighted by atomic mass is 10.1. The van der Waals surface area contributed by atoms with Gasteiger partial charge in [0, 0.05) is 42.9 Å². The number of nitrogens with one attached hydrogen (secondary N) is 1. The summed E-state index contributed by atoms with van der Waals surface area (Å²) >= 11 is 0. The Kier molecular flexibility index (Phi) is 5.13. The van der Waals surface area contributed by atoms with Crippen molar-refractivity contribution < 1.29 is 9.84 Å². The van der Waals surface area contributed by atoms with Crippen LogP contribution >= 0.6 is 0 Å². The second kappa shape index (κ2) is 7.38. The second-order valence-electron chi connectivity index (χ2n) is 6.76. The predicted molar refractivity (Wildman–Crippen MR) is 109 cm³/mol. The van der Waals surface area contributed by atoms with Gasteiger partial charge in [-0.2, -0.15) is 0 Å². The first-order valence-corrected chi connectivity index (χ1v) is 8.91. The third-order valence-corrected chi connectivity index (χ3v) is 5.03. The smallest absolute Gasteiger partial charge is 0.333 e. The van der Waals surface area contributed by atoms with Gasteiger partial charge in [0.2, 0.25) is 5.88 Å². The van der Waals surface area contributed by atoms with Crippen LogP contribution in [0.5, 0.6) is 11.6 Å². The standard InChI is InChI=1S/C20H24N4O4/c1-11-14(15-10-13(28-5)6-7-16(15)22-11)8-9-21-12(2)17-18(25)23(3)20(27)24(4)19(17)26/h6-7,10,22,25H,8-9H2,1-5H3. The van der Waals surface area contributed by atoms with E-state index in [2.05, 4.69) is 9.98 Å². The van der Waals surface area contributed by atoms with Crippen molar-refractivity contribution in [3.8, 4) is 11.6 Å². The van der Waals surface area contributed by atoms with Crippen LogP contribution in [0.1, 0.15) is 23.7 Å². The Hall–Kier alpha value is -3.29. The number of fused-ring (bicyclic) bond motifs is 1. The van der Waals surface area contributed by atoms with Crippen molar-refractivity contribution in [1.29, 1.82) is 0 Å². The van der Waals surface area contributed by atoms with Crippen molar-refractivity contribution in [2.75, 3.05) is 13.7 Å². The van der Waals surface area contributed by atoms with E-state index in [-0.39, 0.29) is 11.4 Å². The van der Waals surface area contributed by atoms with E-state index < -0.39 is 11.2 Å². The molecule has 0 radical (unpaired) electrons. The topological polar surface area (TPSA) is 102 Å². The van der Waals surface area contributed by atoms with Gasteiger partial charge in [-0.15, -0.1) is 0 Å². The minimum absolute atomic E-state index is 0.0434. The van der Waals surface area contributed by atoms with Gasteiger partial charge in [-0.1, -0.05) is 0 Å². The third-order valence-electron chi connectivity index (χ3n) is 5.03. The van der Waals surface area contributed by atoms with Crippen molar-refractivity contribution in [3.05, 3.63) is 55.9 Å². The molecule has 0 saturated carbocycles. The highest BCUT2D eigenvalue weighted by Gasteiger charge is 2.17. The van der Waals surface area contributed by atoms with Gasteiger partial charge in [-0.05, 0) is 44.0 Å². The van der Waals surface area contributed by atoms with Crippen LogP contribution in [0.3, 0.4) is 0 Å². The van der Waals surface area contributed by atoms with E-state index in [1.165, 1.54) is 14.1 Å². The maximum Gasteiger partial charge on any atom is 0.333 e. The number of H-pyrrole nitrogens is 1. The third kappa shape index (κ3) is 3.21. The number of benzene rings is 1. The fourth-order valence-corrected chi connectivity index (χ4v) is 3.38. The molecule has 0 fully saturated rings. The molecule has 0 atom stereocenters. The number of nitrogens with zero attached hydrogens (tertiary/aromatic N) is 3. The van der Waals surface area contributed by atoms with Crippen LogP contribution in [0.15, 0.2) is 32.8 Å². The molecule has 0 spiro atoms. The highest BCUT2D eigenvalue weighted by Crippen LogP contribution is 2.26. The zero-order valence-electron chi connectivity index (χ0n) is 16.7. The molecule has 0 aliphatic heterocycles. The van der Waals surface area contributed by atoms with Crippen molar-refractivity contribution >= 4 is 16.6 Å². The van der Waals surface area contributed by atoms with Crippen LogP contribution in [0, 0.1) is 6.92 Å². The SMILES string of the molecule is COc1ccc2[nH]c(C)c(CCN=C(C)c3c(O)n(C)c(=O)n(C)c3=O)c2c1. The highest BCUT2D eigenvalue weighted by molar-refractivity contribution is 6.00. The molecule has 2 heterocycles. The molecule has 0 bridgehead atoms. The van der Waals surface area contributed by atoms with Gasteiger partial charge in [0.25, 0.3) is 5.56 Å². The number of hydrogen-bond donors (Lipinski definition) is 2. The molecule has 2 N–H and O–H groups in total. The van der Waals surface area contributed by atoms with E-state index in [4.69, 9.17) is 4.74 Å². The monoisotopic (exact) mass is 384 g/mol. The van der Waals surface area contributed by atoms with Crippen LogP contribution in [-0.2, 0) is 20.5 Å². The number of aryl methyl sites for hydroxylation is 1. The Morgan fingerprint density at radius 2 is 1.96 bits per heavy atom. The number of aromatic amines is 1. The van der Waals surface area contributed by atoms with E-state index in [0.29, 0.717) is 18.7 Å². The molecule has 8 nitrogen and oxygen atoms in total. The first-order chi connectivity index (χ1) is 13.3. The lowest BCUT2D eigenvalue weighted by Gasteiger charge is -2.10. The minimum atomic E-state index is -0.581. The zero-order chi connectivity index (χ0) is 20.6. The summed E-state index contributed by atoms with van der Waals surface area (Å²) in [5.41, 5.74) is 2.50. The summed E-state index contributed by atoms with van der Waals surface area (Å²) < 4.78 is 7.31. The number of hydrogen-bond acceptors (Lipinski definition) is 5. The molecule has 28 heavy (non-hydrogen) atoms. The Balaban J connectivity index is 1.92. The summed E-state index contributed by atoms with van der Waals surface area (Å²) in [7, 11) is 4.42. The van der Waals surface area contributed by atoms with E-state index in [1.54, 1.807) is 14.0 Å². The molecular weight excluding hydrogens is 360 g/mol. The molecule has 0 aliphatic carbocycles. The van der Waals surface area contributed by atoms with Crippen LogP contribution in [0.4, 0.5) is 0 Å². The average Bonchev–Trinajstić information content (AvgIpc) is 2.99. The molecule has 2 aromatic heterocycles. The van der Waals surface area contributed by atoms with E-state index in [1.807, 2.05) is 25.1 Å². The lowest BCUT2D eigenvalue weighted by molar-refractivity contribution is 0.410. The van der Waals surface area contributed by atoms with Crippen LogP contribution in [-0.4, -0.2) is 38.6 Å². The van der Waals surface area contributed by atoms with Crippen molar-refractivity contribution in [1.82, 2.24) is 14.1 Å². The average molecular weight is 384 g/mol. The first kappa shape index (κ1) is 19.5.